The molecule has 2 amide bonds. The van der Waals surface area contributed by atoms with Crippen LogP contribution in [0, 0.1) is 10.1 Å². The van der Waals surface area contributed by atoms with Crippen molar-refractivity contribution in [1.82, 2.24) is 5.32 Å². The number of non-ortho nitro benzene ring substituents is 1. The number of rotatable bonds is 5. The van der Waals surface area contributed by atoms with Gasteiger partial charge in [0.05, 0.1) is 36.4 Å². The summed E-state index contributed by atoms with van der Waals surface area (Å²) < 4.78 is 9.67. The average Bonchev–Trinajstić information content (AvgIpc) is 2.78. The van der Waals surface area contributed by atoms with Gasteiger partial charge in [-0.2, -0.15) is 0 Å². The maximum Gasteiger partial charge on any atom is 0.355 e. The number of ether oxygens (including phenoxy) is 2. The molecule has 1 atom stereocenters. The summed E-state index contributed by atoms with van der Waals surface area (Å²) >= 11 is 5.91. The molecule has 0 saturated heterocycles. The SMILES string of the molecule is COC(=O)C1=C(C(=O)OC)N(c2ccc(Cl)cc2)C(=O)N[C@@H]1c1cccc([N+](=O)[O-])c1. The molecule has 160 valence electrons. The minimum absolute atomic E-state index is 0.208. The van der Waals surface area contributed by atoms with Crippen molar-refractivity contribution >= 4 is 40.9 Å². The standard InChI is InChI=1S/C20H16ClN3O7/c1-30-18(25)15-16(11-4-3-5-14(10-11)24(28)29)22-20(27)23(17(15)19(26)31-2)13-8-6-12(21)7-9-13/h3-10,16H,1-2H3,(H,22,27)/t16-/m1/s1. The second-order valence-corrected chi connectivity index (χ2v) is 6.73. The van der Waals surface area contributed by atoms with Crippen molar-refractivity contribution in [3.8, 4) is 0 Å². The highest BCUT2D eigenvalue weighted by atomic mass is 35.5. The van der Waals surface area contributed by atoms with Crippen molar-refractivity contribution in [2.75, 3.05) is 19.1 Å². The molecule has 10 nitrogen and oxygen atoms in total. The first-order valence-corrected chi connectivity index (χ1v) is 9.17. The van der Waals surface area contributed by atoms with Gasteiger partial charge in [0, 0.05) is 17.2 Å². The second-order valence-electron chi connectivity index (χ2n) is 6.29. The number of urea groups is 1. The molecule has 1 aliphatic rings. The van der Waals surface area contributed by atoms with Crippen LogP contribution in [0.25, 0.3) is 0 Å². The molecule has 0 spiro atoms. The Balaban J connectivity index is 2.28. The molecule has 0 bridgehead atoms. The number of nitrogens with one attached hydrogen (secondary N) is 1. The number of nitrogens with zero attached hydrogens (tertiary/aromatic N) is 2. The van der Waals surface area contributed by atoms with Gasteiger partial charge < -0.3 is 14.8 Å². The number of esters is 2. The number of benzene rings is 2. The molecule has 0 aliphatic carbocycles. The first-order valence-electron chi connectivity index (χ1n) is 8.79. The van der Waals surface area contributed by atoms with E-state index >= 15 is 0 Å². The first kappa shape index (κ1) is 21.8. The summed E-state index contributed by atoms with van der Waals surface area (Å²) in [6.45, 7) is 0. The molecule has 1 aliphatic heterocycles. The van der Waals surface area contributed by atoms with Crippen LogP contribution in [0.4, 0.5) is 16.2 Å². The topological polar surface area (TPSA) is 128 Å². The van der Waals surface area contributed by atoms with Gasteiger partial charge in [-0.15, -0.1) is 0 Å². The fourth-order valence-corrected chi connectivity index (χ4v) is 3.27. The zero-order valence-corrected chi connectivity index (χ0v) is 17.1. The lowest BCUT2D eigenvalue weighted by molar-refractivity contribution is -0.384. The molecule has 0 radical (unpaired) electrons. The number of nitro benzene ring substituents is 1. The third-order valence-electron chi connectivity index (χ3n) is 4.52. The highest BCUT2D eigenvalue weighted by molar-refractivity contribution is 6.30. The molecule has 2 aromatic carbocycles. The molecule has 0 saturated carbocycles. The van der Waals surface area contributed by atoms with Crippen molar-refractivity contribution in [2.24, 2.45) is 0 Å². The Bertz CT molecular complexity index is 1100. The van der Waals surface area contributed by atoms with E-state index in [1.165, 1.54) is 48.5 Å². The van der Waals surface area contributed by atoms with E-state index < -0.39 is 28.9 Å². The Kier molecular flexibility index (Phi) is 6.21. The molecule has 3 rings (SSSR count). The largest absolute Gasteiger partial charge is 0.466 e. The quantitative estimate of drug-likeness (QED) is 0.425. The van der Waals surface area contributed by atoms with E-state index in [-0.39, 0.29) is 28.2 Å². The summed E-state index contributed by atoms with van der Waals surface area (Å²) in [6.07, 6.45) is 0. The molecular formula is C20H16ClN3O7. The zero-order valence-electron chi connectivity index (χ0n) is 16.3. The molecule has 2 aromatic rings. The summed E-state index contributed by atoms with van der Waals surface area (Å²) in [4.78, 5) is 50.0. The monoisotopic (exact) mass is 445 g/mol. The predicted octanol–water partition coefficient (Wildman–Crippen LogP) is 3.12. The third kappa shape index (κ3) is 4.19. The van der Waals surface area contributed by atoms with Crippen molar-refractivity contribution in [1.29, 1.82) is 0 Å². The van der Waals surface area contributed by atoms with Crippen LogP contribution in [0.5, 0.6) is 0 Å². The number of hydrogen-bond donors (Lipinski definition) is 1. The fourth-order valence-electron chi connectivity index (χ4n) is 3.15. The number of carbonyl (C=O) groups excluding carboxylic acids is 3. The van der Waals surface area contributed by atoms with E-state index in [0.717, 1.165) is 19.1 Å². The van der Waals surface area contributed by atoms with Crippen LogP contribution in [0.2, 0.25) is 5.02 Å². The van der Waals surface area contributed by atoms with Gasteiger partial charge in [-0.3, -0.25) is 15.0 Å². The van der Waals surface area contributed by atoms with Gasteiger partial charge in [0.15, 0.2) is 0 Å². The van der Waals surface area contributed by atoms with Crippen LogP contribution in [0.15, 0.2) is 59.8 Å². The number of hydrogen-bond acceptors (Lipinski definition) is 7. The Labute approximate surface area is 181 Å². The number of methoxy groups -OCH3 is 2. The summed E-state index contributed by atoms with van der Waals surface area (Å²) in [6, 6.07) is 9.35. The molecule has 0 unspecified atom stereocenters. The highest BCUT2D eigenvalue weighted by Crippen LogP contribution is 2.36. The lowest BCUT2D eigenvalue weighted by Gasteiger charge is -2.35. The maximum absolute atomic E-state index is 13.0. The van der Waals surface area contributed by atoms with Crippen LogP contribution in [0.3, 0.4) is 0 Å². The smallest absolute Gasteiger partial charge is 0.355 e. The number of amides is 2. The summed E-state index contributed by atoms with van der Waals surface area (Å²) in [7, 11) is 2.21. The van der Waals surface area contributed by atoms with E-state index in [0.29, 0.717) is 5.02 Å². The van der Waals surface area contributed by atoms with Crippen molar-refractivity contribution < 1.29 is 28.8 Å². The van der Waals surface area contributed by atoms with Crippen molar-refractivity contribution in [3.05, 3.63) is 80.5 Å². The lowest BCUT2D eigenvalue weighted by Crippen LogP contribution is -2.50. The van der Waals surface area contributed by atoms with Crippen LogP contribution in [-0.4, -0.2) is 37.1 Å². The zero-order chi connectivity index (χ0) is 22.7. The van der Waals surface area contributed by atoms with E-state index in [2.05, 4.69) is 5.32 Å². The first-order chi connectivity index (χ1) is 14.8. The van der Waals surface area contributed by atoms with Gasteiger partial charge in [-0.25, -0.2) is 14.4 Å². The van der Waals surface area contributed by atoms with Crippen LogP contribution in [0.1, 0.15) is 11.6 Å². The van der Waals surface area contributed by atoms with Crippen LogP contribution in [-0.2, 0) is 19.1 Å². The molecule has 0 fully saturated rings. The Morgan fingerprint density at radius 2 is 1.74 bits per heavy atom. The van der Waals surface area contributed by atoms with Gasteiger partial charge in [0.2, 0.25) is 0 Å². The van der Waals surface area contributed by atoms with E-state index in [4.69, 9.17) is 21.1 Å². The second kappa shape index (κ2) is 8.84. The fraction of sp³-hybridized carbons (Fsp3) is 0.150. The minimum Gasteiger partial charge on any atom is -0.466 e. The Morgan fingerprint density at radius 3 is 2.32 bits per heavy atom. The minimum atomic E-state index is -1.20. The maximum atomic E-state index is 13.0. The van der Waals surface area contributed by atoms with Gasteiger partial charge >= 0.3 is 18.0 Å². The Hall–Kier alpha value is -3.92. The molecule has 1 heterocycles. The number of carbonyl (C=O) groups is 3. The highest BCUT2D eigenvalue weighted by Gasteiger charge is 2.42. The lowest BCUT2D eigenvalue weighted by atomic mass is 9.93. The van der Waals surface area contributed by atoms with Gasteiger partial charge in [0.25, 0.3) is 5.69 Å². The third-order valence-corrected chi connectivity index (χ3v) is 4.77. The molecule has 1 N–H and O–H groups in total. The van der Waals surface area contributed by atoms with Gasteiger partial charge in [0.1, 0.15) is 5.70 Å². The van der Waals surface area contributed by atoms with E-state index in [1.54, 1.807) is 0 Å². The number of anilines is 1. The van der Waals surface area contributed by atoms with Crippen LogP contribution < -0.4 is 10.2 Å². The summed E-state index contributed by atoms with van der Waals surface area (Å²) in [5, 5.41) is 14.2. The Morgan fingerprint density at radius 1 is 1.10 bits per heavy atom. The number of nitro groups is 1. The van der Waals surface area contributed by atoms with Gasteiger partial charge in [-0.05, 0) is 29.8 Å². The summed E-state index contributed by atoms with van der Waals surface area (Å²) in [5.74, 6) is -1.89. The predicted molar refractivity (Wildman–Crippen MR) is 109 cm³/mol. The van der Waals surface area contributed by atoms with E-state index in [9.17, 15) is 24.5 Å². The van der Waals surface area contributed by atoms with Crippen molar-refractivity contribution in [2.45, 2.75) is 6.04 Å². The van der Waals surface area contributed by atoms with Crippen LogP contribution >= 0.6 is 11.6 Å². The normalized spacial score (nSPS) is 15.9. The molecule has 31 heavy (non-hydrogen) atoms. The molecule has 0 aromatic heterocycles. The molecule has 11 heteroatoms. The molecular weight excluding hydrogens is 430 g/mol. The van der Waals surface area contributed by atoms with Crippen molar-refractivity contribution in [3.63, 3.8) is 0 Å². The van der Waals surface area contributed by atoms with Gasteiger partial charge in [-0.1, -0.05) is 23.7 Å². The number of halogens is 1. The van der Waals surface area contributed by atoms with E-state index in [1.807, 2.05) is 0 Å². The summed E-state index contributed by atoms with van der Waals surface area (Å²) in [5.41, 5.74) is -0.432. The average molecular weight is 446 g/mol.